The van der Waals surface area contributed by atoms with E-state index in [1.54, 1.807) is 0 Å². The fraction of sp³-hybridized carbons (Fsp3) is 0.333. The first-order valence-corrected chi connectivity index (χ1v) is 22.1. The second kappa shape index (κ2) is 21.7. The summed E-state index contributed by atoms with van der Waals surface area (Å²) in [4.78, 5) is 0. The molecule has 64 heavy (non-hydrogen) atoms. The van der Waals surface area contributed by atoms with Crippen LogP contribution < -0.4 is 0 Å². The van der Waals surface area contributed by atoms with Gasteiger partial charge in [0.25, 0.3) is 0 Å². The zero-order valence-corrected chi connectivity index (χ0v) is 35.9. The minimum absolute atomic E-state index is 0.0603. The van der Waals surface area contributed by atoms with E-state index in [4.69, 9.17) is 47.4 Å². The maximum Gasteiger partial charge on any atom is 0.222 e. The van der Waals surface area contributed by atoms with Crippen molar-refractivity contribution >= 4 is 0 Å². The Kier molecular flexibility index (Phi) is 15.0. The van der Waals surface area contributed by atoms with Crippen molar-refractivity contribution in [3.05, 3.63) is 215 Å². The summed E-state index contributed by atoms with van der Waals surface area (Å²) >= 11 is 0. The molecule has 0 radical (unpaired) electrons. The lowest BCUT2D eigenvalue weighted by Gasteiger charge is -2.56. The fourth-order valence-corrected chi connectivity index (χ4v) is 8.44. The normalized spacial score (nSPS) is 26.8. The van der Waals surface area contributed by atoms with Crippen LogP contribution in [0, 0.1) is 0 Å². The van der Waals surface area contributed by atoms with Crippen LogP contribution in [0.2, 0.25) is 0 Å². The van der Waals surface area contributed by atoms with Crippen molar-refractivity contribution in [2.45, 2.75) is 87.8 Å². The molecule has 0 aliphatic carbocycles. The third kappa shape index (κ3) is 11.0. The van der Waals surface area contributed by atoms with E-state index in [0.717, 1.165) is 33.4 Å². The van der Waals surface area contributed by atoms with E-state index in [9.17, 15) is 0 Å². The summed E-state index contributed by atoms with van der Waals surface area (Å²) in [7, 11) is 0. The van der Waals surface area contributed by atoms with Gasteiger partial charge in [-0.2, -0.15) is 0 Å². The predicted molar refractivity (Wildman–Crippen MR) is 239 cm³/mol. The molecule has 6 aromatic carbocycles. The smallest absolute Gasteiger partial charge is 0.222 e. The first-order chi connectivity index (χ1) is 31.6. The predicted octanol–water partition coefficient (Wildman–Crippen LogP) is 9.00. The molecule has 0 unspecified atom stereocenters. The Bertz CT molecular complexity index is 2080. The number of ether oxygens (including phenoxy) is 10. The summed E-state index contributed by atoms with van der Waals surface area (Å²) in [5.41, 5.74) is 6.10. The summed E-state index contributed by atoms with van der Waals surface area (Å²) < 4.78 is 68.5. The van der Waals surface area contributed by atoms with E-state index in [1.165, 1.54) is 0 Å². The highest BCUT2D eigenvalue weighted by molar-refractivity contribution is 5.19. The summed E-state index contributed by atoms with van der Waals surface area (Å²) in [6, 6.07) is 60.4. The van der Waals surface area contributed by atoms with Crippen molar-refractivity contribution in [1.82, 2.24) is 0 Å². The molecule has 3 saturated heterocycles. The summed E-state index contributed by atoms with van der Waals surface area (Å²) in [6.45, 7) is 2.15. The fourth-order valence-electron chi connectivity index (χ4n) is 8.44. The van der Waals surface area contributed by atoms with Crippen molar-refractivity contribution in [3.63, 3.8) is 0 Å². The molecule has 0 saturated carbocycles. The van der Waals surface area contributed by atoms with Crippen molar-refractivity contribution < 1.29 is 47.4 Å². The van der Waals surface area contributed by atoms with Gasteiger partial charge in [0, 0.05) is 0 Å². The van der Waals surface area contributed by atoms with E-state index in [2.05, 4.69) is 0 Å². The van der Waals surface area contributed by atoms with Crippen LogP contribution in [0.15, 0.2) is 182 Å². The van der Waals surface area contributed by atoms with Crippen LogP contribution in [0.5, 0.6) is 0 Å². The van der Waals surface area contributed by atoms with Gasteiger partial charge in [0.05, 0.1) is 52.9 Å². The molecule has 0 bridgehead atoms. The number of hydrogen-bond acceptors (Lipinski definition) is 10. The van der Waals surface area contributed by atoms with Crippen molar-refractivity contribution in [2.24, 2.45) is 0 Å². The van der Waals surface area contributed by atoms with Crippen LogP contribution in [-0.4, -0.2) is 74.6 Å². The van der Waals surface area contributed by atoms with E-state index in [0.29, 0.717) is 26.4 Å². The molecule has 0 N–H and O–H groups in total. The minimum atomic E-state index is -1.40. The van der Waals surface area contributed by atoms with Gasteiger partial charge in [0.1, 0.15) is 49.8 Å². The van der Waals surface area contributed by atoms with Crippen LogP contribution >= 0.6 is 0 Å². The van der Waals surface area contributed by atoms with Gasteiger partial charge in [-0.3, -0.25) is 0 Å². The lowest BCUT2D eigenvalue weighted by atomic mass is 9.92. The zero-order valence-electron chi connectivity index (χ0n) is 35.9. The SMILES string of the molecule is c1ccc(CO[C@@H]2[C@H](OCc3ccccc3)CO[C@]3(CO[C@@]4(CO3)OC[C@@H](OCc3ccccc3)[C@@H](OCc3ccccc3)[C@@H]4OCc3ccccc3)[C@H]2OCc2ccccc2)cc1. The first kappa shape index (κ1) is 44.1. The highest BCUT2D eigenvalue weighted by Gasteiger charge is 2.63. The molecule has 8 atom stereocenters. The Hall–Kier alpha value is -5.08. The minimum Gasteiger partial charge on any atom is -0.368 e. The topological polar surface area (TPSA) is 92.3 Å². The molecule has 3 aliphatic rings. The average molecular weight is 865 g/mol. The largest absolute Gasteiger partial charge is 0.368 e. The Balaban J connectivity index is 1.02. The highest BCUT2D eigenvalue weighted by atomic mass is 16.8. The zero-order chi connectivity index (χ0) is 43.3. The Morgan fingerprint density at radius 2 is 0.562 bits per heavy atom. The highest BCUT2D eigenvalue weighted by Crippen LogP contribution is 2.44. The van der Waals surface area contributed by atoms with E-state index in [-0.39, 0.29) is 39.6 Å². The van der Waals surface area contributed by atoms with Crippen molar-refractivity contribution in [3.8, 4) is 0 Å². The van der Waals surface area contributed by atoms with Gasteiger partial charge in [0.15, 0.2) is 0 Å². The summed E-state index contributed by atoms with van der Waals surface area (Å²) in [5, 5.41) is 0. The molecule has 3 heterocycles. The van der Waals surface area contributed by atoms with Gasteiger partial charge in [-0.15, -0.1) is 0 Å². The second-order valence-corrected chi connectivity index (χ2v) is 16.4. The third-order valence-electron chi connectivity index (χ3n) is 11.9. The Morgan fingerprint density at radius 3 is 0.828 bits per heavy atom. The molecule has 2 spiro atoms. The van der Waals surface area contributed by atoms with E-state index in [1.807, 2.05) is 182 Å². The van der Waals surface area contributed by atoms with Gasteiger partial charge in [-0.05, 0) is 33.4 Å². The molecule has 3 aliphatic heterocycles. The van der Waals surface area contributed by atoms with Gasteiger partial charge in [-0.25, -0.2) is 0 Å². The van der Waals surface area contributed by atoms with Crippen LogP contribution in [0.1, 0.15) is 33.4 Å². The number of hydrogen-bond donors (Lipinski definition) is 0. The van der Waals surface area contributed by atoms with Gasteiger partial charge < -0.3 is 47.4 Å². The van der Waals surface area contributed by atoms with Crippen molar-refractivity contribution in [1.29, 1.82) is 0 Å². The molecule has 6 aromatic rings. The summed E-state index contributed by atoms with van der Waals surface area (Å²) in [5.74, 6) is -2.80. The van der Waals surface area contributed by atoms with Gasteiger partial charge >= 0.3 is 0 Å². The quantitative estimate of drug-likeness (QED) is 0.0834. The molecule has 0 amide bonds. The van der Waals surface area contributed by atoms with Crippen LogP contribution in [-0.2, 0) is 87.0 Å². The molecule has 10 nitrogen and oxygen atoms in total. The lowest BCUT2D eigenvalue weighted by molar-refractivity contribution is -0.460. The van der Waals surface area contributed by atoms with Crippen LogP contribution in [0.4, 0.5) is 0 Å². The van der Waals surface area contributed by atoms with Crippen LogP contribution in [0.3, 0.4) is 0 Å². The molecule has 0 aromatic heterocycles. The molecule has 10 heteroatoms. The van der Waals surface area contributed by atoms with Gasteiger partial charge in [0.2, 0.25) is 11.6 Å². The van der Waals surface area contributed by atoms with Crippen LogP contribution in [0.25, 0.3) is 0 Å². The maximum atomic E-state index is 7.04. The molecule has 3 fully saturated rings. The maximum absolute atomic E-state index is 7.04. The second-order valence-electron chi connectivity index (χ2n) is 16.4. The average Bonchev–Trinajstić information content (AvgIpc) is 3.36. The monoisotopic (exact) mass is 864 g/mol. The van der Waals surface area contributed by atoms with Crippen molar-refractivity contribution in [2.75, 3.05) is 26.4 Å². The Morgan fingerprint density at radius 1 is 0.312 bits per heavy atom. The van der Waals surface area contributed by atoms with E-state index < -0.39 is 48.2 Å². The van der Waals surface area contributed by atoms with E-state index >= 15 is 0 Å². The van der Waals surface area contributed by atoms with Gasteiger partial charge in [-0.1, -0.05) is 182 Å². The molecule has 9 rings (SSSR count). The number of rotatable bonds is 18. The Labute approximate surface area is 375 Å². The molecular formula is C54H56O10. The summed E-state index contributed by atoms with van der Waals surface area (Å²) in [6.07, 6.45) is -3.81. The first-order valence-electron chi connectivity index (χ1n) is 22.1. The number of benzene rings is 6. The molecular weight excluding hydrogens is 809 g/mol. The third-order valence-corrected chi connectivity index (χ3v) is 11.9. The standard InChI is InChI=1S/C54H56O10/c1-7-19-41(20-8-1)31-55-47-37-61-53(51(59-35-45-27-15-5-16-28-45)49(47)57-33-43-23-11-3-12-24-43)39-64-54(40-63-53)52(60-36-46-29-17-6-18-30-46)50(58-34-44-25-13-4-14-26-44)48(38-62-54)56-32-42-21-9-2-10-22-42/h1-30,47-52H,31-40H2/t47-,48-,49-,50-,51+,52+,53-,54+/m1/s1. The molecule has 332 valence electrons. The lowest BCUT2D eigenvalue weighted by Crippen LogP contribution is -2.74.